The van der Waals surface area contributed by atoms with Crippen molar-refractivity contribution < 1.29 is 13.2 Å². The number of nitrogens with zero attached hydrogens (tertiary/aromatic N) is 1. The molecule has 82 valence electrons. The van der Waals surface area contributed by atoms with Crippen molar-refractivity contribution in [1.29, 1.82) is 0 Å². The monoisotopic (exact) mass is 239 g/mol. The summed E-state index contributed by atoms with van der Waals surface area (Å²) in [4.78, 5) is 11.4. The molecule has 0 aromatic rings. The van der Waals surface area contributed by atoms with Crippen molar-refractivity contribution >= 4 is 25.8 Å². The summed E-state index contributed by atoms with van der Waals surface area (Å²) in [5.41, 5.74) is 0. The Morgan fingerprint density at radius 3 is 2.36 bits per heavy atom. The van der Waals surface area contributed by atoms with Crippen LogP contribution in [0.25, 0.3) is 0 Å². The molecule has 0 aliphatic carbocycles. The van der Waals surface area contributed by atoms with E-state index >= 15 is 0 Å². The first-order chi connectivity index (χ1) is 6.43. The SMILES string of the molecule is CCCC1C(=O)N(S(=O)(=O)Cl)C1CC. The number of hydrogen-bond acceptors (Lipinski definition) is 3. The number of hydrogen-bond donors (Lipinski definition) is 0. The maximum absolute atomic E-state index is 11.4. The topological polar surface area (TPSA) is 54.5 Å². The lowest BCUT2D eigenvalue weighted by molar-refractivity contribution is -0.146. The fourth-order valence-electron chi connectivity index (χ4n) is 1.92. The molecule has 1 aliphatic rings. The van der Waals surface area contributed by atoms with Crippen molar-refractivity contribution in [2.24, 2.45) is 5.92 Å². The number of β-lactam (4-membered cyclic amide) rings is 1. The van der Waals surface area contributed by atoms with Gasteiger partial charge in [-0.15, -0.1) is 0 Å². The standard InChI is InChI=1S/C8H14ClNO3S/c1-3-5-6-7(4-2)10(8(6)11)14(9,12)13/h6-7H,3-5H2,1-2H3. The molecule has 4 nitrogen and oxygen atoms in total. The Morgan fingerprint density at radius 2 is 2.00 bits per heavy atom. The zero-order valence-corrected chi connectivity index (χ0v) is 9.81. The van der Waals surface area contributed by atoms with Gasteiger partial charge in [-0.2, -0.15) is 8.42 Å². The molecule has 1 aliphatic heterocycles. The Kier molecular flexibility index (Phi) is 3.42. The quantitative estimate of drug-likeness (QED) is 0.552. The minimum atomic E-state index is -3.87. The predicted molar refractivity (Wildman–Crippen MR) is 54.1 cm³/mol. The third kappa shape index (κ3) is 1.88. The molecule has 1 rings (SSSR count). The Hall–Kier alpha value is -0.290. The average Bonchev–Trinajstić information content (AvgIpc) is 2.07. The van der Waals surface area contributed by atoms with Crippen molar-refractivity contribution in [3.05, 3.63) is 0 Å². The second kappa shape index (κ2) is 4.06. The van der Waals surface area contributed by atoms with Crippen LogP contribution in [0.1, 0.15) is 33.1 Å². The summed E-state index contributed by atoms with van der Waals surface area (Å²) in [7, 11) is 1.27. The van der Waals surface area contributed by atoms with Crippen LogP contribution in [0.4, 0.5) is 0 Å². The molecule has 0 N–H and O–H groups in total. The molecule has 2 unspecified atom stereocenters. The summed E-state index contributed by atoms with van der Waals surface area (Å²) in [5, 5.41) is 0. The van der Waals surface area contributed by atoms with Gasteiger partial charge in [0.1, 0.15) is 0 Å². The van der Waals surface area contributed by atoms with Crippen LogP contribution in [-0.4, -0.2) is 24.7 Å². The van der Waals surface area contributed by atoms with Gasteiger partial charge < -0.3 is 0 Å². The summed E-state index contributed by atoms with van der Waals surface area (Å²) < 4.78 is 22.8. The van der Waals surface area contributed by atoms with Gasteiger partial charge in [0.25, 0.3) is 0 Å². The first kappa shape index (κ1) is 11.8. The molecule has 0 radical (unpaired) electrons. The van der Waals surface area contributed by atoms with Crippen LogP contribution in [0.3, 0.4) is 0 Å². The maximum atomic E-state index is 11.4. The fourth-order valence-corrected chi connectivity index (χ4v) is 3.40. The van der Waals surface area contributed by atoms with Gasteiger partial charge in [-0.05, 0) is 12.8 Å². The molecule has 0 aromatic heterocycles. The second-order valence-corrected chi connectivity index (χ2v) is 5.83. The lowest BCUT2D eigenvalue weighted by atomic mass is 9.85. The van der Waals surface area contributed by atoms with Gasteiger partial charge in [-0.3, -0.25) is 4.79 Å². The van der Waals surface area contributed by atoms with E-state index in [4.69, 9.17) is 10.7 Å². The third-order valence-corrected chi connectivity index (χ3v) is 3.92. The van der Waals surface area contributed by atoms with Crippen LogP contribution in [0.15, 0.2) is 0 Å². The highest BCUT2D eigenvalue weighted by Gasteiger charge is 2.50. The molecule has 0 saturated carbocycles. The van der Waals surface area contributed by atoms with Crippen molar-refractivity contribution in [3.8, 4) is 0 Å². The highest BCUT2D eigenvalue weighted by Crippen LogP contribution is 2.36. The van der Waals surface area contributed by atoms with Gasteiger partial charge in [-0.25, -0.2) is 4.31 Å². The fraction of sp³-hybridized carbons (Fsp3) is 0.875. The van der Waals surface area contributed by atoms with E-state index in [2.05, 4.69) is 0 Å². The van der Waals surface area contributed by atoms with Crippen LogP contribution in [0, 0.1) is 5.92 Å². The molecule has 1 heterocycles. The summed E-state index contributed by atoms with van der Waals surface area (Å²) in [5.74, 6) is -0.507. The molecule has 1 amide bonds. The van der Waals surface area contributed by atoms with Gasteiger partial charge in [-0.1, -0.05) is 20.3 Å². The van der Waals surface area contributed by atoms with Crippen molar-refractivity contribution in [3.63, 3.8) is 0 Å². The summed E-state index contributed by atoms with van der Waals surface area (Å²) in [6, 6.07) is -0.232. The molecular formula is C8H14ClNO3S. The predicted octanol–water partition coefficient (Wildman–Crippen LogP) is 1.51. The highest BCUT2D eigenvalue weighted by atomic mass is 35.7. The van der Waals surface area contributed by atoms with Gasteiger partial charge in [0.15, 0.2) is 0 Å². The Bertz CT molecular complexity index is 327. The Morgan fingerprint density at radius 1 is 1.43 bits per heavy atom. The molecule has 14 heavy (non-hydrogen) atoms. The largest absolute Gasteiger partial charge is 0.324 e. The van der Waals surface area contributed by atoms with Crippen molar-refractivity contribution in [2.75, 3.05) is 0 Å². The lowest BCUT2D eigenvalue weighted by Gasteiger charge is -2.44. The van der Waals surface area contributed by atoms with Gasteiger partial charge in [0.05, 0.1) is 12.0 Å². The lowest BCUT2D eigenvalue weighted by Crippen LogP contribution is -2.61. The zero-order chi connectivity index (χ0) is 10.9. The van der Waals surface area contributed by atoms with Gasteiger partial charge >= 0.3 is 9.24 Å². The number of carbonyl (C=O) groups is 1. The smallest absolute Gasteiger partial charge is 0.273 e. The molecule has 2 atom stereocenters. The normalized spacial score (nSPS) is 27.6. The summed E-state index contributed by atoms with van der Waals surface area (Å²) >= 11 is 0. The molecule has 1 saturated heterocycles. The van der Waals surface area contributed by atoms with E-state index in [1.165, 1.54) is 0 Å². The molecule has 1 fully saturated rings. The number of rotatable bonds is 4. The number of halogens is 1. The van der Waals surface area contributed by atoms with E-state index in [-0.39, 0.29) is 17.9 Å². The highest BCUT2D eigenvalue weighted by molar-refractivity contribution is 8.12. The third-order valence-electron chi connectivity index (χ3n) is 2.55. The molecule has 0 spiro atoms. The van der Waals surface area contributed by atoms with Crippen molar-refractivity contribution in [2.45, 2.75) is 39.2 Å². The van der Waals surface area contributed by atoms with Crippen LogP contribution < -0.4 is 0 Å². The maximum Gasteiger partial charge on any atom is 0.324 e. The van der Waals surface area contributed by atoms with Gasteiger partial charge in [0, 0.05) is 10.7 Å². The Labute approximate surface area is 88.8 Å². The number of amides is 1. The van der Waals surface area contributed by atoms with Crippen LogP contribution in [0.5, 0.6) is 0 Å². The Balaban J connectivity index is 2.80. The van der Waals surface area contributed by atoms with E-state index in [1.807, 2.05) is 13.8 Å². The molecule has 6 heteroatoms. The summed E-state index contributed by atoms with van der Waals surface area (Å²) in [6.45, 7) is 3.83. The van der Waals surface area contributed by atoms with E-state index in [0.29, 0.717) is 6.42 Å². The van der Waals surface area contributed by atoms with E-state index in [0.717, 1.165) is 17.1 Å². The molecule has 0 bridgehead atoms. The van der Waals surface area contributed by atoms with Crippen LogP contribution >= 0.6 is 10.7 Å². The first-order valence-electron chi connectivity index (χ1n) is 4.71. The summed E-state index contributed by atoms with van der Waals surface area (Å²) in [6.07, 6.45) is 2.24. The van der Waals surface area contributed by atoms with E-state index in [9.17, 15) is 13.2 Å². The average molecular weight is 240 g/mol. The zero-order valence-electron chi connectivity index (χ0n) is 8.23. The number of carbonyl (C=O) groups excluding carboxylic acids is 1. The van der Waals surface area contributed by atoms with E-state index in [1.54, 1.807) is 0 Å². The van der Waals surface area contributed by atoms with Crippen LogP contribution in [0.2, 0.25) is 0 Å². The second-order valence-electron chi connectivity index (χ2n) is 3.45. The minimum Gasteiger partial charge on any atom is -0.273 e. The van der Waals surface area contributed by atoms with Crippen molar-refractivity contribution in [1.82, 2.24) is 4.31 Å². The molecular weight excluding hydrogens is 226 g/mol. The first-order valence-corrected chi connectivity index (χ1v) is 6.98. The molecule has 0 aromatic carbocycles. The van der Waals surface area contributed by atoms with Crippen LogP contribution in [-0.2, 0) is 14.0 Å². The van der Waals surface area contributed by atoms with E-state index < -0.39 is 9.24 Å². The minimum absolute atomic E-state index is 0.154. The van der Waals surface area contributed by atoms with Gasteiger partial charge in [0.2, 0.25) is 5.91 Å².